The van der Waals surface area contributed by atoms with Crippen molar-refractivity contribution < 1.29 is 9.18 Å². The van der Waals surface area contributed by atoms with Crippen LogP contribution in [0.2, 0.25) is 0 Å². The monoisotopic (exact) mass is 231 g/mol. The van der Waals surface area contributed by atoms with Gasteiger partial charge < -0.3 is 5.32 Å². The fraction of sp³-hybridized carbons (Fsp3) is 0.125. The Labute approximate surface area is 77.9 Å². The van der Waals surface area contributed by atoms with Gasteiger partial charge in [0.2, 0.25) is 0 Å². The first-order valence-corrected chi connectivity index (χ1v) is 4.10. The molecule has 0 radical (unpaired) electrons. The van der Waals surface area contributed by atoms with Gasteiger partial charge in [-0.1, -0.05) is 15.9 Å². The van der Waals surface area contributed by atoms with Gasteiger partial charge in [-0.3, -0.25) is 4.79 Å². The number of nitrogens with one attached hydrogen (secondary N) is 1. The molecule has 0 bridgehead atoms. The third-order valence-corrected chi connectivity index (χ3v) is 1.94. The van der Waals surface area contributed by atoms with E-state index in [-0.39, 0.29) is 5.56 Å². The first kappa shape index (κ1) is 9.19. The van der Waals surface area contributed by atoms with Crippen LogP contribution in [0.4, 0.5) is 10.1 Å². The standard InChI is InChI=1S/C8H7BrFNO/c1-11-8-3-5(9)2-7(10)6(8)4-12/h2-4,11H,1H3. The Hall–Kier alpha value is -0.900. The number of halogens is 2. The summed E-state index contributed by atoms with van der Waals surface area (Å²) in [6, 6.07) is 2.90. The Morgan fingerprint density at radius 3 is 2.75 bits per heavy atom. The lowest BCUT2D eigenvalue weighted by molar-refractivity contribution is 0.112. The second-order valence-corrected chi connectivity index (χ2v) is 3.13. The third-order valence-electron chi connectivity index (χ3n) is 1.48. The molecule has 12 heavy (non-hydrogen) atoms. The van der Waals surface area contributed by atoms with E-state index in [1.807, 2.05) is 0 Å². The summed E-state index contributed by atoms with van der Waals surface area (Å²) < 4.78 is 13.6. The van der Waals surface area contributed by atoms with Crippen LogP contribution in [-0.2, 0) is 0 Å². The molecule has 1 aromatic rings. The summed E-state index contributed by atoms with van der Waals surface area (Å²) in [5.74, 6) is -0.524. The summed E-state index contributed by atoms with van der Waals surface area (Å²) in [6.45, 7) is 0. The molecule has 0 aliphatic carbocycles. The summed E-state index contributed by atoms with van der Waals surface area (Å²) in [6.07, 6.45) is 0.494. The first-order chi connectivity index (χ1) is 5.69. The molecule has 0 saturated heterocycles. The van der Waals surface area contributed by atoms with Crippen molar-refractivity contribution in [3.63, 3.8) is 0 Å². The van der Waals surface area contributed by atoms with Crippen molar-refractivity contribution in [2.24, 2.45) is 0 Å². The maximum Gasteiger partial charge on any atom is 0.155 e. The lowest BCUT2D eigenvalue weighted by atomic mass is 10.2. The summed E-state index contributed by atoms with van der Waals surface area (Å²) in [5, 5.41) is 2.73. The molecular formula is C8H7BrFNO. The number of benzene rings is 1. The van der Waals surface area contributed by atoms with Crippen molar-refractivity contribution in [3.05, 3.63) is 28.0 Å². The van der Waals surface area contributed by atoms with Gasteiger partial charge in [-0.2, -0.15) is 0 Å². The van der Waals surface area contributed by atoms with Crippen LogP contribution in [0.15, 0.2) is 16.6 Å². The SMILES string of the molecule is CNc1cc(Br)cc(F)c1C=O. The van der Waals surface area contributed by atoms with Crippen LogP contribution in [0.3, 0.4) is 0 Å². The van der Waals surface area contributed by atoms with Gasteiger partial charge in [0.25, 0.3) is 0 Å². The molecule has 0 amide bonds. The highest BCUT2D eigenvalue weighted by Gasteiger charge is 2.07. The number of hydrogen-bond donors (Lipinski definition) is 1. The zero-order valence-corrected chi connectivity index (χ0v) is 7.98. The van der Waals surface area contributed by atoms with Gasteiger partial charge in [0.1, 0.15) is 5.82 Å². The van der Waals surface area contributed by atoms with Crippen molar-refractivity contribution in [3.8, 4) is 0 Å². The van der Waals surface area contributed by atoms with Crippen LogP contribution in [0.1, 0.15) is 10.4 Å². The van der Waals surface area contributed by atoms with Crippen molar-refractivity contribution in [1.29, 1.82) is 0 Å². The van der Waals surface area contributed by atoms with E-state index in [1.54, 1.807) is 13.1 Å². The Bertz CT molecular complexity index is 314. The minimum atomic E-state index is -0.524. The van der Waals surface area contributed by atoms with E-state index >= 15 is 0 Å². The predicted octanol–water partition coefficient (Wildman–Crippen LogP) is 2.44. The molecule has 0 aromatic heterocycles. The zero-order chi connectivity index (χ0) is 9.14. The fourth-order valence-corrected chi connectivity index (χ4v) is 1.34. The molecule has 1 rings (SSSR count). The quantitative estimate of drug-likeness (QED) is 0.793. The van der Waals surface area contributed by atoms with E-state index in [0.29, 0.717) is 16.4 Å². The van der Waals surface area contributed by atoms with Gasteiger partial charge in [0.05, 0.1) is 5.56 Å². The second kappa shape index (κ2) is 3.67. The summed E-state index contributed by atoms with van der Waals surface area (Å²) in [4.78, 5) is 10.4. The largest absolute Gasteiger partial charge is 0.387 e. The molecule has 0 fully saturated rings. The predicted molar refractivity (Wildman–Crippen MR) is 49.0 cm³/mol. The van der Waals surface area contributed by atoms with Crippen LogP contribution in [0, 0.1) is 5.82 Å². The van der Waals surface area contributed by atoms with E-state index in [1.165, 1.54) is 6.07 Å². The molecule has 0 saturated carbocycles. The number of carbonyl (C=O) groups is 1. The summed E-state index contributed by atoms with van der Waals surface area (Å²) in [7, 11) is 1.63. The lowest BCUT2D eigenvalue weighted by Crippen LogP contribution is -1.97. The maximum atomic E-state index is 13.0. The van der Waals surface area contributed by atoms with Crippen molar-refractivity contribution in [2.45, 2.75) is 0 Å². The van der Waals surface area contributed by atoms with Crippen LogP contribution < -0.4 is 5.32 Å². The summed E-state index contributed by atoms with van der Waals surface area (Å²) >= 11 is 3.12. The van der Waals surface area contributed by atoms with Crippen LogP contribution in [0.25, 0.3) is 0 Å². The van der Waals surface area contributed by atoms with Crippen LogP contribution in [-0.4, -0.2) is 13.3 Å². The fourth-order valence-electron chi connectivity index (χ4n) is 0.911. The smallest absolute Gasteiger partial charge is 0.155 e. The molecule has 1 N–H and O–H groups in total. The molecule has 64 valence electrons. The number of rotatable bonds is 2. The highest BCUT2D eigenvalue weighted by molar-refractivity contribution is 9.10. The van der Waals surface area contributed by atoms with Gasteiger partial charge in [-0.15, -0.1) is 0 Å². The zero-order valence-electron chi connectivity index (χ0n) is 6.40. The molecule has 4 heteroatoms. The van der Waals surface area contributed by atoms with Gasteiger partial charge >= 0.3 is 0 Å². The summed E-state index contributed by atoms with van der Waals surface area (Å²) in [5.41, 5.74) is 0.539. The molecule has 1 aromatic carbocycles. The average Bonchev–Trinajstić information content (AvgIpc) is 2.03. The maximum absolute atomic E-state index is 13.0. The Morgan fingerprint density at radius 2 is 2.25 bits per heavy atom. The minimum absolute atomic E-state index is 0.0562. The molecule has 0 spiro atoms. The van der Waals surface area contributed by atoms with Crippen molar-refractivity contribution in [1.82, 2.24) is 0 Å². The number of hydrogen-bond acceptors (Lipinski definition) is 2. The minimum Gasteiger partial charge on any atom is -0.387 e. The molecule has 0 heterocycles. The van der Waals surface area contributed by atoms with Gasteiger partial charge in [0, 0.05) is 17.2 Å². The van der Waals surface area contributed by atoms with E-state index in [0.717, 1.165) is 0 Å². The van der Waals surface area contributed by atoms with Crippen molar-refractivity contribution in [2.75, 3.05) is 12.4 Å². The Balaban J connectivity index is 3.33. The van der Waals surface area contributed by atoms with E-state index in [4.69, 9.17) is 0 Å². The topological polar surface area (TPSA) is 29.1 Å². The lowest BCUT2D eigenvalue weighted by Gasteiger charge is -2.04. The van der Waals surface area contributed by atoms with E-state index in [9.17, 15) is 9.18 Å². The van der Waals surface area contributed by atoms with Crippen molar-refractivity contribution >= 4 is 27.9 Å². The molecule has 0 atom stereocenters. The van der Waals surface area contributed by atoms with Crippen LogP contribution >= 0.6 is 15.9 Å². The first-order valence-electron chi connectivity index (χ1n) is 3.31. The molecular weight excluding hydrogens is 225 g/mol. The third kappa shape index (κ3) is 1.64. The molecule has 2 nitrogen and oxygen atoms in total. The highest BCUT2D eigenvalue weighted by atomic mass is 79.9. The highest BCUT2D eigenvalue weighted by Crippen LogP contribution is 2.22. The number of carbonyl (C=O) groups excluding carboxylic acids is 1. The Kier molecular flexibility index (Phi) is 2.81. The van der Waals surface area contributed by atoms with Gasteiger partial charge in [-0.05, 0) is 12.1 Å². The normalized spacial score (nSPS) is 9.58. The van der Waals surface area contributed by atoms with E-state index in [2.05, 4.69) is 21.2 Å². The Morgan fingerprint density at radius 1 is 1.58 bits per heavy atom. The van der Waals surface area contributed by atoms with E-state index < -0.39 is 5.82 Å². The molecule has 0 aliphatic rings. The second-order valence-electron chi connectivity index (χ2n) is 2.22. The number of anilines is 1. The van der Waals surface area contributed by atoms with Gasteiger partial charge in [-0.25, -0.2) is 4.39 Å². The number of aldehydes is 1. The van der Waals surface area contributed by atoms with Crippen LogP contribution in [0.5, 0.6) is 0 Å². The van der Waals surface area contributed by atoms with Gasteiger partial charge in [0.15, 0.2) is 6.29 Å². The average molecular weight is 232 g/mol. The molecule has 0 unspecified atom stereocenters. The molecule has 0 aliphatic heterocycles.